The lowest BCUT2D eigenvalue weighted by atomic mass is 9.81. The van der Waals surface area contributed by atoms with Gasteiger partial charge in [0.05, 0.1) is 6.54 Å². The number of halogens is 3. The molecule has 11 heteroatoms. The van der Waals surface area contributed by atoms with Crippen molar-refractivity contribution in [3.8, 4) is 11.5 Å². The largest absolute Gasteiger partial charge is 0.448 e. The van der Waals surface area contributed by atoms with Crippen molar-refractivity contribution >= 4 is 17.7 Å². The van der Waals surface area contributed by atoms with Gasteiger partial charge < -0.3 is 19.8 Å². The van der Waals surface area contributed by atoms with Gasteiger partial charge in [0.25, 0.3) is 17.3 Å². The summed E-state index contributed by atoms with van der Waals surface area (Å²) in [7, 11) is 1.52. The van der Waals surface area contributed by atoms with Crippen LogP contribution in [-0.2, 0) is 6.54 Å². The number of amides is 1. The summed E-state index contributed by atoms with van der Waals surface area (Å²) in [5, 5.41) is 2.84. The molecule has 7 nitrogen and oxygen atoms in total. The molecule has 1 aliphatic heterocycles. The van der Waals surface area contributed by atoms with Gasteiger partial charge >= 0.3 is 6.18 Å². The highest BCUT2D eigenvalue weighted by Crippen LogP contribution is 2.48. The number of pyridine rings is 1. The molecule has 4 rings (SSSR count). The summed E-state index contributed by atoms with van der Waals surface area (Å²) in [4.78, 5) is 30.4. The van der Waals surface area contributed by atoms with Crippen LogP contribution in [0, 0.1) is 19.8 Å². The Bertz CT molecular complexity index is 1260. The SMILES string of the molecule is CSc1cc(C)[nH]c(=O)c1CNC(=O)c1ccc2c(c1C)OC(C)(C1CCC(N(C)CC(F)(F)F)CC1)O2. The van der Waals surface area contributed by atoms with Crippen molar-refractivity contribution in [2.45, 2.75) is 75.9 Å². The van der Waals surface area contributed by atoms with Gasteiger partial charge in [-0.05, 0) is 71.0 Å². The van der Waals surface area contributed by atoms with Crippen LogP contribution in [0.2, 0.25) is 0 Å². The molecule has 1 aromatic heterocycles. The summed E-state index contributed by atoms with van der Waals surface area (Å²) in [6, 6.07) is 5.13. The smallest absolute Gasteiger partial charge is 0.401 e. The molecule has 1 aliphatic carbocycles. The minimum absolute atomic E-state index is 0.000315. The van der Waals surface area contributed by atoms with Crippen LogP contribution in [0.1, 0.15) is 59.8 Å². The van der Waals surface area contributed by atoms with Gasteiger partial charge in [-0.2, -0.15) is 13.2 Å². The van der Waals surface area contributed by atoms with E-state index in [0.29, 0.717) is 53.9 Å². The maximum atomic E-state index is 13.1. The Balaban J connectivity index is 1.42. The molecule has 1 fully saturated rings. The van der Waals surface area contributed by atoms with Gasteiger partial charge in [0.2, 0.25) is 0 Å². The number of carbonyl (C=O) groups is 1. The van der Waals surface area contributed by atoms with Crippen molar-refractivity contribution in [2.24, 2.45) is 5.92 Å². The van der Waals surface area contributed by atoms with Gasteiger partial charge in [-0.3, -0.25) is 14.5 Å². The Hall–Kier alpha value is -2.66. The number of thioether (sulfide) groups is 1. The van der Waals surface area contributed by atoms with Crippen LogP contribution in [-0.4, -0.2) is 53.6 Å². The molecular formula is C27H34F3N3O4S. The molecule has 1 atom stereocenters. The summed E-state index contributed by atoms with van der Waals surface area (Å²) in [5.41, 5.74) is 2.07. The first-order chi connectivity index (χ1) is 17.8. The minimum atomic E-state index is -4.22. The first-order valence-electron chi connectivity index (χ1n) is 12.6. The van der Waals surface area contributed by atoms with Crippen molar-refractivity contribution in [1.82, 2.24) is 15.2 Å². The van der Waals surface area contributed by atoms with Crippen LogP contribution in [0.5, 0.6) is 11.5 Å². The number of aromatic amines is 1. The number of ether oxygens (including phenoxy) is 2. The fourth-order valence-corrected chi connectivity index (χ4v) is 6.19. The van der Waals surface area contributed by atoms with E-state index in [1.807, 2.05) is 26.2 Å². The van der Waals surface area contributed by atoms with E-state index in [1.165, 1.54) is 23.7 Å². The Morgan fingerprint density at radius 1 is 1.21 bits per heavy atom. The molecule has 2 aromatic rings. The first-order valence-corrected chi connectivity index (χ1v) is 13.9. The summed E-state index contributed by atoms with van der Waals surface area (Å²) < 4.78 is 50.9. The summed E-state index contributed by atoms with van der Waals surface area (Å²) in [6.45, 7) is 4.62. The van der Waals surface area contributed by atoms with Gasteiger partial charge in [0, 0.05) is 52.7 Å². The second-order valence-electron chi connectivity index (χ2n) is 10.3. The summed E-state index contributed by atoms with van der Waals surface area (Å²) in [6.07, 6.45) is 0.258. The monoisotopic (exact) mass is 553 g/mol. The maximum absolute atomic E-state index is 13.1. The molecule has 0 saturated heterocycles. The molecule has 208 valence electrons. The van der Waals surface area contributed by atoms with Gasteiger partial charge in [-0.25, -0.2) is 0 Å². The van der Waals surface area contributed by atoms with Crippen LogP contribution < -0.4 is 20.3 Å². The molecule has 38 heavy (non-hydrogen) atoms. The zero-order valence-corrected chi connectivity index (χ0v) is 23.1. The third-order valence-corrected chi connectivity index (χ3v) is 8.40. The van der Waals surface area contributed by atoms with Gasteiger partial charge in [-0.15, -0.1) is 11.8 Å². The molecule has 0 bridgehead atoms. The zero-order valence-electron chi connectivity index (χ0n) is 22.3. The Morgan fingerprint density at radius 2 is 1.89 bits per heavy atom. The van der Waals surface area contributed by atoms with E-state index in [0.717, 1.165) is 10.6 Å². The van der Waals surface area contributed by atoms with E-state index in [2.05, 4.69) is 10.3 Å². The Kier molecular flexibility index (Phi) is 8.09. The van der Waals surface area contributed by atoms with E-state index >= 15 is 0 Å². The highest BCUT2D eigenvalue weighted by atomic mass is 32.2. The number of benzene rings is 1. The fraction of sp³-hybridized carbons (Fsp3) is 0.556. The van der Waals surface area contributed by atoms with Crippen molar-refractivity contribution < 1.29 is 27.4 Å². The van der Waals surface area contributed by atoms with E-state index in [1.54, 1.807) is 19.1 Å². The number of aryl methyl sites for hydroxylation is 1. The third-order valence-electron chi connectivity index (χ3n) is 7.60. The number of H-pyrrole nitrogens is 1. The summed E-state index contributed by atoms with van der Waals surface area (Å²) >= 11 is 1.45. The second kappa shape index (κ2) is 10.8. The molecule has 1 aromatic carbocycles. The van der Waals surface area contributed by atoms with Gasteiger partial charge in [0.1, 0.15) is 0 Å². The van der Waals surface area contributed by atoms with E-state index in [-0.39, 0.29) is 30.0 Å². The predicted octanol–water partition coefficient (Wildman–Crippen LogP) is 5.18. The normalized spacial score (nSPS) is 23.1. The topological polar surface area (TPSA) is 83.7 Å². The molecule has 1 unspecified atom stereocenters. The van der Waals surface area contributed by atoms with Crippen LogP contribution in [0.25, 0.3) is 0 Å². The van der Waals surface area contributed by atoms with Crippen molar-refractivity contribution in [1.29, 1.82) is 0 Å². The first kappa shape index (κ1) is 28.4. The molecule has 1 amide bonds. The summed E-state index contributed by atoms with van der Waals surface area (Å²) in [5.74, 6) is -0.256. The van der Waals surface area contributed by atoms with E-state index in [4.69, 9.17) is 9.47 Å². The molecule has 1 saturated carbocycles. The fourth-order valence-electron chi connectivity index (χ4n) is 5.48. The third kappa shape index (κ3) is 5.98. The average Bonchev–Trinajstić information content (AvgIpc) is 3.20. The lowest BCUT2D eigenvalue weighted by Gasteiger charge is -2.40. The number of hydrogen-bond donors (Lipinski definition) is 2. The van der Waals surface area contributed by atoms with Crippen molar-refractivity contribution in [3.05, 3.63) is 50.9 Å². The predicted molar refractivity (Wildman–Crippen MR) is 140 cm³/mol. The van der Waals surface area contributed by atoms with Crippen LogP contribution in [0.4, 0.5) is 13.2 Å². The second-order valence-corrected chi connectivity index (χ2v) is 11.2. The molecule has 2 heterocycles. The highest BCUT2D eigenvalue weighted by Gasteiger charge is 2.47. The average molecular weight is 554 g/mol. The van der Waals surface area contributed by atoms with Crippen LogP contribution >= 0.6 is 11.8 Å². The quantitative estimate of drug-likeness (QED) is 0.460. The van der Waals surface area contributed by atoms with Gasteiger partial charge in [0.15, 0.2) is 11.5 Å². The zero-order chi connectivity index (χ0) is 27.8. The molecule has 2 N–H and O–H groups in total. The number of hydrogen-bond acceptors (Lipinski definition) is 6. The standard InChI is InChI=1S/C27H34F3N3O4S/c1-15-12-22(38-5)20(25(35)32-15)13-31-24(34)19-10-11-21-23(16(19)2)37-26(3,36-21)17-6-8-18(9-7-17)33(4)14-27(28,29)30/h10-12,17-18H,6-9,13-14H2,1-5H3,(H,31,34)(H,32,35). The van der Waals surface area contributed by atoms with Gasteiger partial charge in [-0.1, -0.05) is 0 Å². The number of aromatic nitrogens is 1. The number of nitrogens with one attached hydrogen (secondary N) is 2. The number of alkyl halides is 3. The number of fused-ring (bicyclic) bond motifs is 1. The lowest BCUT2D eigenvalue weighted by Crippen LogP contribution is -2.48. The molecule has 0 spiro atoms. The van der Waals surface area contributed by atoms with Crippen LogP contribution in [0.3, 0.4) is 0 Å². The number of rotatable bonds is 7. The number of nitrogens with zero attached hydrogens (tertiary/aromatic N) is 1. The van der Waals surface area contributed by atoms with E-state index < -0.39 is 18.5 Å². The van der Waals surface area contributed by atoms with E-state index in [9.17, 15) is 22.8 Å². The maximum Gasteiger partial charge on any atom is 0.401 e. The van der Waals surface area contributed by atoms with Crippen molar-refractivity contribution in [3.63, 3.8) is 0 Å². The number of carbonyl (C=O) groups excluding carboxylic acids is 1. The van der Waals surface area contributed by atoms with Crippen molar-refractivity contribution in [2.75, 3.05) is 19.8 Å². The lowest BCUT2D eigenvalue weighted by molar-refractivity contribution is -0.153. The molecular weight excluding hydrogens is 519 g/mol. The van der Waals surface area contributed by atoms with Crippen LogP contribution in [0.15, 0.2) is 27.9 Å². The molecule has 2 aliphatic rings. The Morgan fingerprint density at radius 3 is 2.53 bits per heavy atom. The molecule has 0 radical (unpaired) electrons. The Labute approximate surface area is 224 Å². The highest BCUT2D eigenvalue weighted by molar-refractivity contribution is 7.98. The minimum Gasteiger partial charge on any atom is -0.448 e.